The molecule has 2 N–H and O–H groups in total. The standard InChI is InChI=1S/C16H25N3O/c1-3-15(14-6-4-13(2)5-7-14)18-16(20)12-19-10-8-17-9-11-19/h4-7,15,17H,3,8-12H2,1-2H3,(H,18,20). The quantitative estimate of drug-likeness (QED) is 0.855. The minimum atomic E-state index is 0.117. The maximum Gasteiger partial charge on any atom is 0.234 e. The van der Waals surface area contributed by atoms with Gasteiger partial charge in [-0.05, 0) is 18.9 Å². The molecule has 1 aromatic rings. The molecule has 0 aliphatic carbocycles. The maximum atomic E-state index is 12.1. The molecule has 1 fully saturated rings. The lowest BCUT2D eigenvalue weighted by atomic mass is 10.0. The maximum absolute atomic E-state index is 12.1. The van der Waals surface area contributed by atoms with Gasteiger partial charge in [-0.2, -0.15) is 0 Å². The van der Waals surface area contributed by atoms with Crippen LogP contribution < -0.4 is 10.6 Å². The van der Waals surface area contributed by atoms with Crippen LogP contribution in [0.3, 0.4) is 0 Å². The Morgan fingerprint density at radius 1 is 1.30 bits per heavy atom. The minimum Gasteiger partial charge on any atom is -0.348 e. The lowest BCUT2D eigenvalue weighted by Gasteiger charge is -2.27. The predicted octanol–water partition coefficient (Wildman–Crippen LogP) is 1.47. The molecule has 0 bridgehead atoms. The van der Waals surface area contributed by atoms with E-state index >= 15 is 0 Å². The molecular formula is C16H25N3O. The molecule has 110 valence electrons. The molecule has 1 unspecified atom stereocenters. The van der Waals surface area contributed by atoms with Crippen molar-refractivity contribution in [3.05, 3.63) is 35.4 Å². The number of piperazine rings is 1. The van der Waals surface area contributed by atoms with E-state index in [4.69, 9.17) is 0 Å². The second-order valence-electron chi connectivity index (χ2n) is 5.47. The molecule has 1 aromatic carbocycles. The SMILES string of the molecule is CCC(NC(=O)CN1CCNCC1)c1ccc(C)cc1. The van der Waals surface area contributed by atoms with Crippen LogP contribution in [0.5, 0.6) is 0 Å². The monoisotopic (exact) mass is 275 g/mol. The Hall–Kier alpha value is -1.39. The topological polar surface area (TPSA) is 44.4 Å². The molecule has 1 saturated heterocycles. The Morgan fingerprint density at radius 2 is 1.95 bits per heavy atom. The molecule has 0 spiro atoms. The molecule has 1 atom stereocenters. The van der Waals surface area contributed by atoms with E-state index in [2.05, 4.69) is 53.6 Å². The van der Waals surface area contributed by atoms with Gasteiger partial charge in [-0.1, -0.05) is 36.8 Å². The molecular weight excluding hydrogens is 250 g/mol. The zero-order valence-electron chi connectivity index (χ0n) is 12.5. The average Bonchev–Trinajstić information content (AvgIpc) is 2.47. The highest BCUT2D eigenvalue weighted by atomic mass is 16.2. The van der Waals surface area contributed by atoms with Gasteiger partial charge < -0.3 is 10.6 Å². The zero-order valence-corrected chi connectivity index (χ0v) is 12.5. The fraction of sp³-hybridized carbons (Fsp3) is 0.562. The molecule has 0 radical (unpaired) electrons. The number of nitrogens with zero attached hydrogens (tertiary/aromatic N) is 1. The average molecular weight is 275 g/mol. The third kappa shape index (κ3) is 4.32. The van der Waals surface area contributed by atoms with E-state index in [1.165, 1.54) is 11.1 Å². The van der Waals surface area contributed by atoms with Crippen molar-refractivity contribution in [3.8, 4) is 0 Å². The summed E-state index contributed by atoms with van der Waals surface area (Å²) >= 11 is 0. The van der Waals surface area contributed by atoms with Gasteiger partial charge in [-0.3, -0.25) is 9.69 Å². The third-order valence-electron chi connectivity index (χ3n) is 3.80. The van der Waals surface area contributed by atoms with Crippen molar-refractivity contribution in [2.24, 2.45) is 0 Å². The summed E-state index contributed by atoms with van der Waals surface area (Å²) in [6.45, 7) is 8.54. The van der Waals surface area contributed by atoms with E-state index in [1.54, 1.807) is 0 Å². The molecule has 4 nitrogen and oxygen atoms in total. The number of benzene rings is 1. The summed E-state index contributed by atoms with van der Waals surface area (Å²) < 4.78 is 0. The summed E-state index contributed by atoms with van der Waals surface area (Å²) in [5.74, 6) is 0.124. The molecule has 0 saturated carbocycles. The fourth-order valence-corrected chi connectivity index (χ4v) is 2.53. The van der Waals surface area contributed by atoms with E-state index in [1.807, 2.05) is 0 Å². The Morgan fingerprint density at radius 3 is 2.55 bits per heavy atom. The Bertz CT molecular complexity index is 424. The van der Waals surface area contributed by atoms with Gasteiger partial charge in [0.1, 0.15) is 0 Å². The van der Waals surface area contributed by atoms with E-state index in [-0.39, 0.29) is 11.9 Å². The molecule has 20 heavy (non-hydrogen) atoms. The van der Waals surface area contributed by atoms with Crippen molar-refractivity contribution >= 4 is 5.91 Å². The zero-order chi connectivity index (χ0) is 14.4. The normalized spacial score (nSPS) is 17.7. The Kier molecular flexibility index (Phi) is 5.56. The smallest absolute Gasteiger partial charge is 0.234 e. The van der Waals surface area contributed by atoms with Crippen LogP contribution in [0.15, 0.2) is 24.3 Å². The van der Waals surface area contributed by atoms with Gasteiger partial charge in [0.15, 0.2) is 0 Å². The van der Waals surface area contributed by atoms with Gasteiger partial charge in [0, 0.05) is 26.2 Å². The molecule has 2 rings (SSSR count). The summed E-state index contributed by atoms with van der Waals surface area (Å²) in [6, 6.07) is 8.52. The van der Waals surface area contributed by atoms with Crippen LogP contribution in [0.25, 0.3) is 0 Å². The summed E-state index contributed by atoms with van der Waals surface area (Å²) in [5.41, 5.74) is 2.43. The number of rotatable bonds is 5. The number of amides is 1. The first-order valence-electron chi connectivity index (χ1n) is 7.48. The van der Waals surface area contributed by atoms with Gasteiger partial charge in [0.25, 0.3) is 0 Å². The largest absolute Gasteiger partial charge is 0.348 e. The Labute approximate surface area is 121 Å². The van der Waals surface area contributed by atoms with Gasteiger partial charge >= 0.3 is 0 Å². The first kappa shape index (κ1) is 15.0. The number of hydrogen-bond acceptors (Lipinski definition) is 3. The van der Waals surface area contributed by atoms with Crippen molar-refractivity contribution < 1.29 is 4.79 Å². The molecule has 1 aliphatic heterocycles. The number of nitrogens with one attached hydrogen (secondary N) is 2. The van der Waals surface area contributed by atoms with Gasteiger partial charge in [0.05, 0.1) is 12.6 Å². The highest BCUT2D eigenvalue weighted by Crippen LogP contribution is 2.17. The van der Waals surface area contributed by atoms with Crippen LogP contribution in [0.2, 0.25) is 0 Å². The summed E-state index contributed by atoms with van der Waals surface area (Å²) in [7, 11) is 0. The molecule has 0 aromatic heterocycles. The molecule has 4 heteroatoms. The number of hydrogen-bond donors (Lipinski definition) is 2. The van der Waals surface area contributed by atoms with Crippen LogP contribution in [-0.2, 0) is 4.79 Å². The minimum absolute atomic E-state index is 0.117. The first-order chi connectivity index (χ1) is 9.69. The van der Waals surface area contributed by atoms with E-state index in [0.29, 0.717) is 6.54 Å². The van der Waals surface area contributed by atoms with Gasteiger partial charge in [-0.15, -0.1) is 0 Å². The van der Waals surface area contributed by atoms with Crippen LogP contribution in [0, 0.1) is 6.92 Å². The van der Waals surface area contributed by atoms with Gasteiger partial charge in [-0.25, -0.2) is 0 Å². The van der Waals surface area contributed by atoms with Crippen molar-refractivity contribution in [1.29, 1.82) is 0 Å². The lowest BCUT2D eigenvalue weighted by molar-refractivity contribution is -0.123. The van der Waals surface area contributed by atoms with E-state index in [9.17, 15) is 4.79 Å². The predicted molar refractivity (Wildman–Crippen MR) is 81.7 cm³/mol. The van der Waals surface area contributed by atoms with Crippen LogP contribution in [0.1, 0.15) is 30.5 Å². The Balaban J connectivity index is 1.88. The van der Waals surface area contributed by atoms with Crippen molar-refractivity contribution in [1.82, 2.24) is 15.5 Å². The molecule has 1 heterocycles. The first-order valence-corrected chi connectivity index (χ1v) is 7.48. The van der Waals surface area contributed by atoms with E-state index in [0.717, 1.165) is 32.6 Å². The lowest BCUT2D eigenvalue weighted by Crippen LogP contribution is -2.47. The van der Waals surface area contributed by atoms with Crippen LogP contribution >= 0.6 is 0 Å². The summed E-state index contributed by atoms with van der Waals surface area (Å²) in [6.07, 6.45) is 0.913. The second kappa shape index (κ2) is 7.41. The van der Waals surface area contributed by atoms with E-state index < -0.39 is 0 Å². The summed E-state index contributed by atoms with van der Waals surface area (Å²) in [4.78, 5) is 14.3. The van der Waals surface area contributed by atoms with Gasteiger partial charge in [0.2, 0.25) is 5.91 Å². The fourth-order valence-electron chi connectivity index (χ4n) is 2.53. The van der Waals surface area contributed by atoms with Crippen molar-refractivity contribution in [3.63, 3.8) is 0 Å². The number of aryl methyl sites for hydroxylation is 1. The summed E-state index contributed by atoms with van der Waals surface area (Å²) in [5, 5.41) is 6.45. The number of carbonyl (C=O) groups excluding carboxylic acids is 1. The molecule has 1 aliphatic rings. The van der Waals surface area contributed by atoms with Crippen LogP contribution in [0.4, 0.5) is 0 Å². The van der Waals surface area contributed by atoms with Crippen molar-refractivity contribution in [2.75, 3.05) is 32.7 Å². The molecule has 1 amide bonds. The highest BCUT2D eigenvalue weighted by Gasteiger charge is 2.16. The highest BCUT2D eigenvalue weighted by molar-refractivity contribution is 5.78. The number of carbonyl (C=O) groups is 1. The van der Waals surface area contributed by atoms with Crippen molar-refractivity contribution in [2.45, 2.75) is 26.3 Å². The van der Waals surface area contributed by atoms with Crippen LogP contribution in [-0.4, -0.2) is 43.5 Å². The third-order valence-corrected chi connectivity index (χ3v) is 3.80. The second-order valence-corrected chi connectivity index (χ2v) is 5.47.